The third-order valence-corrected chi connectivity index (χ3v) is 15.3. The molecule has 0 fully saturated rings. The van der Waals surface area contributed by atoms with E-state index in [9.17, 15) is 19.8 Å². The zero-order valence-corrected chi connectivity index (χ0v) is 48.7. The summed E-state index contributed by atoms with van der Waals surface area (Å²) in [6.45, 7) is 4.96. The summed E-state index contributed by atoms with van der Waals surface area (Å²) in [5.41, 5.74) is 0. The van der Waals surface area contributed by atoms with E-state index in [0.717, 1.165) is 51.4 Å². The first-order valence-electron chi connectivity index (χ1n) is 32.6. The van der Waals surface area contributed by atoms with Crippen LogP contribution in [-0.2, 0) is 14.3 Å². The summed E-state index contributed by atoms with van der Waals surface area (Å²) in [5.74, 6) is -0.0281. The lowest BCUT2D eigenvalue weighted by Crippen LogP contribution is -2.45. The molecule has 6 heteroatoms. The Morgan fingerprint density at radius 2 is 0.694 bits per heavy atom. The van der Waals surface area contributed by atoms with E-state index < -0.39 is 12.1 Å². The van der Waals surface area contributed by atoms with Gasteiger partial charge >= 0.3 is 5.97 Å². The molecule has 72 heavy (non-hydrogen) atoms. The first kappa shape index (κ1) is 70.3. The Morgan fingerprint density at radius 3 is 1.07 bits per heavy atom. The summed E-state index contributed by atoms with van der Waals surface area (Å²) < 4.78 is 5.50. The Hall–Kier alpha value is -1.66. The molecule has 0 aromatic heterocycles. The van der Waals surface area contributed by atoms with Gasteiger partial charge in [-0.2, -0.15) is 0 Å². The molecule has 0 aromatic carbocycles. The van der Waals surface area contributed by atoms with Crippen molar-refractivity contribution in [3.63, 3.8) is 0 Å². The summed E-state index contributed by atoms with van der Waals surface area (Å²) in [4.78, 5) is 24.6. The highest BCUT2D eigenvalue weighted by atomic mass is 16.5. The predicted molar refractivity (Wildman–Crippen MR) is 315 cm³/mol. The van der Waals surface area contributed by atoms with Crippen molar-refractivity contribution in [2.24, 2.45) is 0 Å². The van der Waals surface area contributed by atoms with Crippen LogP contribution in [0.3, 0.4) is 0 Å². The number of amides is 1. The number of esters is 1. The van der Waals surface area contributed by atoms with Crippen molar-refractivity contribution in [1.29, 1.82) is 0 Å². The van der Waals surface area contributed by atoms with Gasteiger partial charge in [-0.1, -0.05) is 314 Å². The van der Waals surface area contributed by atoms with Crippen LogP contribution < -0.4 is 5.32 Å². The monoisotopic (exact) mass is 1010 g/mol. The fourth-order valence-corrected chi connectivity index (χ4v) is 10.3. The molecule has 0 saturated heterocycles. The molecular weight excluding hydrogens is 887 g/mol. The van der Waals surface area contributed by atoms with Crippen LogP contribution in [0.1, 0.15) is 361 Å². The quantitative estimate of drug-likeness (QED) is 0.0320. The molecule has 6 nitrogen and oxygen atoms in total. The van der Waals surface area contributed by atoms with Crippen molar-refractivity contribution in [2.75, 3.05) is 13.2 Å². The molecule has 0 radical (unpaired) electrons. The van der Waals surface area contributed by atoms with Crippen LogP contribution in [0, 0.1) is 0 Å². The Kier molecular flexibility index (Phi) is 60.5. The smallest absolute Gasteiger partial charge is 0.305 e. The van der Waals surface area contributed by atoms with Gasteiger partial charge in [-0.3, -0.25) is 9.59 Å². The van der Waals surface area contributed by atoms with E-state index in [0.29, 0.717) is 25.9 Å². The number of rotatable bonds is 61. The molecule has 0 spiro atoms. The zero-order chi connectivity index (χ0) is 52.2. The van der Waals surface area contributed by atoms with Crippen LogP contribution in [-0.4, -0.2) is 47.4 Å². The normalized spacial score (nSPS) is 12.7. The van der Waals surface area contributed by atoms with Crippen molar-refractivity contribution in [2.45, 2.75) is 373 Å². The van der Waals surface area contributed by atoms with Crippen molar-refractivity contribution in [1.82, 2.24) is 5.32 Å². The molecule has 2 atom stereocenters. The van der Waals surface area contributed by atoms with Gasteiger partial charge in [-0.25, -0.2) is 0 Å². The molecule has 0 heterocycles. The van der Waals surface area contributed by atoms with Gasteiger partial charge in [0.15, 0.2) is 0 Å². The second-order valence-electron chi connectivity index (χ2n) is 22.5. The van der Waals surface area contributed by atoms with Crippen LogP contribution in [0.2, 0.25) is 0 Å². The van der Waals surface area contributed by atoms with E-state index in [1.807, 2.05) is 0 Å². The molecule has 0 aromatic rings. The number of allylic oxidation sites excluding steroid dienone is 4. The summed E-state index contributed by atoms with van der Waals surface area (Å²) in [6, 6.07) is -0.542. The number of hydrogen-bond acceptors (Lipinski definition) is 5. The minimum absolute atomic E-state index is 0.00536. The minimum atomic E-state index is -0.665. The second kappa shape index (κ2) is 61.9. The van der Waals surface area contributed by atoms with Crippen molar-refractivity contribution in [3.8, 4) is 0 Å². The Morgan fingerprint density at radius 1 is 0.389 bits per heavy atom. The zero-order valence-electron chi connectivity index (χ0n) is 48.7. The number of unbranched alkanes of at least 4 members (excludes halogenated alkanes) is 46. The maximum atomic E-state index is 12.5. The highest BCUT2D eigenvalue weighted by molar-refractivity contribution is 5.76. The van der Waals surface area contributed by atoms with Gasteiger partial charge in [0.25, 0.3) is 0 Å². The average Bonchev–Trinajstić information content (AvgIpc) is 3.38. The third-order valence-electron chi connectivity index (χ3n) is 15.3. The Labute approximate surface area is 450 Å². The number of aliphatic hydroxyl groups excluding tert-OH is 2. The SMILES string of the molecule is CCCCCC/C=C\C/C=C\CCCCCCCCCC(=O)OCCCCCCCCCCCCCCCCCCCCCCCC(=O)NC(CO)C(O)CCCCCCCCCCCCCCCCCC. The molecule has 2 unspecified atom stereocenters. The van der Waals surface area contributed by atoms with Crippen molar-refractivity contribution in [3.05, 3.63) is 24.3 Å². The molecule has 0 rings (SSSR count). The van der Waals surface area contributed by atoms with Gasteiger partial charge in [0.2, 0.25) is 5.91 Å². The summed E-state index contributed by atoms with van der Waals surface area (Å²) in [7, 11) is 0. The molecule has 0 aliphatic carbocycles. The fourth-order valence-electron chi connectivity index (χ4n) is 10.3. The van der Waals surface area contributed by atoms with Crippen LogP contribution in [0.4, 0.5) is 0 Å². The van der Waals surface area contributed by atoms with Crippen molar-refractivity contribution < 1.29 is 24.5 Å². The van der Waals surface area contributed by atoms with Gasteiger partial charge in [-0.15, -0.1) is 0 Å². The average molecular weight is 1010 g/mol. The van der Waals surface area contributed by atoms with Crippen LogP contribution in [0.25, 0.3) is 0 Å². The van der Waals surface area contributed by atoms with E-state index in [2.05, 4.69) is 43.5 Å². The number of aliphatic hydroxyl groups is 2. The van der Waals surface area contributed by atoms with Gasteiger partial charge in [0, 0.05) is 12.8 Å². The number of carbonyl (C=O) groups is 2. The van der Waals surface area contributed by atoms with Gasteiger partial charge in [0.05, 0.1) is 25.4 Å². The highest BCUT2D eigenvalue weighted by Gasteiger charge is 2.20. The van der Waals surface area contributed by atoms with Crippen LogP contribution in [0.5, 0.6) is 0 Å². The largest absolute Gasteiger partial charge is 0.466 e. The maximum Gasteiger partial charge on any atom is 0.305 e. The second-order valence-corrected chi connectivity index (χ2v) is 22.5. The first-order valence-corrected chi connectivity index (χ1v) is 32.6. The number of hydrogen-bond donors (Lipinski definition) is 3. The number of ether oxygens (including phenoxy) is 1. The Balaban J connectivity index is 3.38. The van der Waals surface area contributed by atoms with Gasteiger partial charge in [0.1, 0.15) is 0 Å². The molecule has 0 bridgehead atoms. The van der Waals surface area contributed by atoms with E-state index in [-0.39, 0.29) is 18.5 Å². The van der Waals surface area contributed by atoms with E-state index in [1.165, 1.54) is 276 Å². The lowest BCUT2D eigenvalue weighted by molar-refractivity contribution is -0.143. The lowest BCUT2D eigenvalue weighted by atomic mass is 10.0. The summed E-state index contributed by atoms with van der Waals surface area (Å²) in [6.07, 6.45) is 76.2. The molecule has 0 aliphatic rings. The molecule has 0 aliphatic heterocycles. The molecule has 1 amide bonds. The molecule has 0 saturated carbocycles. The maximum absolute atomic E-state index is 12.5. The third kappa shape index (κ3) is 57.6. The highest BCUT2D eigenvalue weighted by Crippen LogP contribution is 2.18. The lowest BCUT2D eigenvalue weighted by Gasteiger charge is -2.22. The van der Waals surface area contributed by atoms with E-state index in [1.54, 1.807) is 0 Å². The minimum Gasteiger partial charge on any atom is -0.466 e. The fraction of sp³-hybridized carbons (Fsp3) is 0.909. The first-order chi connectivity index (χ1) is 35.5. The summed E-state index contributed by atoms with van der Waals surface area (Å²) >= 11 is 0. The van der Waals surface area contributed by atoms with Gasteiger partial charge < -0.3 is 20.3 Å². The van der Waals surface area contributed by atoms with Crippen LogP contribution >= 0.6 is 0 Å². The Bertz CT molecular complexity index is 1120. The molecule has 3 N–H and O–H groups in total. The van der Waals surface area contributed by atoms with Gasteiger partial charge in [-0.05, 0) is 57.8 Å². The number of carbonyl (C=O) groups excluding carboxylic acids is 2. The molecule has 426 valence electrons. The van der Waals surface area contributed by atoms with E-state index >= 15 is 0 Å². The topological polar surface area (TPSA) is 95.9 Å². The van der Waals surface area contributed by atoms with Crippen molar-refractivity contribution >= 4 is 11.9 Å². The standard InChI is InChI=1S/C66H127NO5/c1-3-5-7-9-11-13-15-17-19-21-28-32-36-40-44-48-52-56-60-66(71)72-61-57-53-49-45-41-37-33-29-26-24-22-23-25-27-31-35-39-43-47-51-55-59-65(70)67-63(62-68)64(69)58-54-50-46-42-38-34-30-20-18-16-14-12-10-8-6-4-2/h13,15,19,21,63-64,68-69H,3-12,14,16-18,20,22-62H2,1-2H3,(H,67,70)/b15-13-,21-19-. The summed E-state index contributed by atoms with van der Waals surface area (Å²) in [5, 5.41) is 23.3. The number of nitrogens with one attached hydrogen (secondary N) is 1. The molecular formula is C66H127NO5. The predicted octanol–water partition coefficient (Wildman–Crippen LogP) is 20.6. The van der Waals surface area contributed by atoms with E-state index in [4.69, 9.17) is 4.74 Å². The van der Waals surface area contributed by atoms with Crippen LogP contribution in [0.15, 0.2) is 24.3 Å².